The molecule has 0 saturated carbocycles. The molecule has 0 aliphatic heterocycles. The summed E-state index contributed by atoms with van der Waals surface area (Å²) in [5.41, 5.74) is 19.0. The van der Waals surface area contributed by atoms with E-state index in [1.54, 1.807) is 0 Å². The molecule has 0 N–H and O–H groups in total. The number of rotatable bonds is 8. The minimum Gasteiger partial charge on any atom is -0.456 e. The molecule has 5 heteroatoms. The fourth-order valence-electron chi connectivity index (χ4n) is 10.1. The zero-order chi connectivity index (χ0) is 45.2. The van der Waals surface area contributed by atoms with Crippen molar-refractivity contribution in [1.29, 1.82) is 0 Å². The predicted octanol–water partition coefficient (Wildman–Crippen LogP) is 16.2. The Bertz CT molecular complexity index is 3830. The monoisotopic (exact) mass is 1100 g/mol. The first-order valence-corrected chi connectivity index (χ1v) is 23.0. The molecule has 0 amide bonds. The number of aromatic nitrogens is 1. The number of amidine groups is 1. The molecule has 322 valence electrons. The first-order chi connectivity index (χ1) is 32.8. The number of para-hydroxylation sites is 2. The van der Waals surface area contributed by atoms with Crippen LogP contribution in [0.15, 0.2) is 215 Å². The standard InChI is InChI=1S/C63H45N3O.U/c1-5-57(65-62(42-19-10-7-11-20-42)64-40(2)43-27-32-52-51-24-13-15-26-60(51)67-61(52)39-43)47-21-16-22-48(35-47)66-58-25-14-12-23-50(58)54-37-45(30-34-59(54)66)46-28-31-49-53-36-44(41-17-8-6-9-18-41)29-33-55(53)63(3,4)56(49)38-46;/h6-17,19-28,30-39H,2,5H2,1,3-4H3;/q-2;+2. The first kappa shape index (κ1) is 43.3. The molecule has 0 atom stereocenters. The van der Waals surface area contributed by atoms with Gasteiger partial charge in [-0.25, -0.2) is 21.1 Å². The fourth-order valence-corrected chi connectivity index (χ4v) is 10.1. The summed E-state index contributed by atoms with van der Waals surface area (Å²) in [4.78, 5) is 10.4. The molecule has 0 spiro atoms. The van der Waals surface area contributed by atoms with Crippen LogP contribution in [0.3, 0.4) is 0 Å². The minimum atomic E-state index is -0.158. The normalized spacial score (nSPS) is 13.2. The molecule has 0 radical (unpaired) electrons. The van der Waals surface area contributed by atoms with Crippen LogP contribution in [0.5, 0.6) is 0 Å². The molecular formula is C63H45N3OU. The summed E-state index contributed by atoms with van der Waals surface area (Å²) in [6, 6.07) is 75.4. The van der Waals surface area contributed by atoms with E-state index in [-0.39, 0.29) is 36.5 Å². The maximum Gasteiger partial charge on any atom is 2.00 e. The number of furan rings is 1. The Morgan fingerprint density at radius 3 is 2.13 bits per heavy atom. The van der Waals surface area contributed by atoms with Crippen LogP contribution >= 0.6 is 0 Å². The smallest absolute Gasteiger partial charge is 0.456 e. The molecule has 2 heterocycles. The second-order valence-electron chi connectivity index (χ2n) is 17.9. The van der Waals surface area contributed by atoms with Gasteiger partial charge in [-0.15, -0.1) is 17.2 Å². The molecule has 12 rings (SSSR count). The van der Waals surface area contributed by atoms with Crippen molar-refractivity contribution in [1.82, 2.24) is 4.57 Å². The molecule has 9 aromatic carbocycles. The Morgan fingerprint density at radius 1 is 0.559 bits per heavy atom. The van der Waals surface area contributed by atoms with Crippen LogP contribution in [0.4, 0.5) is 0 Å². The number of nitrogens with zero attached hydrogens (tertiary/aromatic N) is 3. The predicted molar refractivity (Wildman–Crippen MR) is 279 cm³/mol. The maximum absolute atomic E-state index is 6.22. The first-order valence-electron chi connectivity index (χ1n) is 23.0. The van der Waals surface area contributed by atoms with Gasteiger partial charge >= 0.3 is 31.1 Å². The van der Waals surface area contributed by atoms with E-state index in [1.165, 1.54) is 44.2 Å². The van der Waals surface area contributed by atoms with E-state index in [0.29, 0.717) is 18.0 Å². The summed E-state index contributed by atoms with van der Waals surface area (Å²) in [6.07, 6.45) is 0.705. The van der Waals surface area contributed by atoms with Gasteiger partial charge in [-0.1, -0.05) is 137 Å². The van der Waals surface area contributed by atoms with E-state index in [0.717, 1.165) is 72.2 Å². The molecule has 0 unspecified atom stereocenters. The third kappa shape index (κ3) is 7.39. The van der Waals surface area contributed by atoms with Crippen LogP contribution in [0, 0.1) is 43.2 Å². The molecule has 2 aromatic heterocycles. The molecule has 1 aliphatic rings. The average molecular weight is 1100 g/mol. The molecule has 11 aromatic rings. The van der Waals surface area contributed by atoms with Gasteiger partial charge in [-0.05, 0) is 88.2 Å². The zero-order valence-electron chi connectivity index (χ0n) is 38.1. The summed E-state index contributed by atoms with van der Waals surface area (Å²) in [5.74, 6) is 0.606. The van der Waals surface area contributed by atoms with Gasteiger partial charge in [0.05, 0.1) is 16.7 Å². The second-order valence-corrected chi connectivity index (χ2v) is 17.9. The van der Waals surface area contributed by atoms with E-state index >= 15 is 0 Å². The van der Waals surface area contributed by atoms with E-state index in [2.05, 4.69) is 184 Å². The molecule has 0 fully saturated rings. The number of benzene rings is 9. The maximum atomic E-state index is 6.22. The molecule has 0 saturated heterocycles. The van der Waals surface area contributed by atoms with Gasteiger partial charge in [0.15, 0.2) is 5.84 Å². The molecule has 4 nitrogen and oxygen atoms in total. The van der Waals surface area contributed by atoms with Crippen molar-refractivity contribution in [2.24, 2.45) is 9.98 Å². The van der Waals surface area contributed by atoms with Crippen LogP contribution in [0.2, 0.25) is 0 Å². The third-order valence-corrected chi connectivity index (χ3v) is 13.6. The van der Waals surface area contributed by atoms with E-state index in [1.807, 2.05) is 54.6 Å². The van der Waals surface area contributed by atoms with Crippen molar-refractivity contribution in [3.8, 4) is 39.1 Å². The van der Waals surface area contributed by atoms with Crippen LogP contribution in [0.1, 0.15) is 55.0 Å². The molecule has 68 heavy (non-hydrogen) atoms. The van der Waals surface area contributed by atoms with Crippen molar-refractivity contribution >= 4 is 61.0 Å². The van der Waals surface area contributed by atoms with Crippen molar-refractivity contribution in [3.63, 3.8) is 0 Å². The Balaban J connectivity index is 0.00000507. The Kier molecular flexibility index (Phi) is 11.1. The molecule has 1 aliphatic carbocycles. The van der Waals surface area contributed by atoms with Crippen molar-refractivity contribution in [2.75, 3.05) is 0 Å². The SMILES string of the molecule is C=C(N=C(N=C(CC)c1cccc(-n2c3ccccc3c3cc(-c4ccc5c(c4)C(C)(C)c4c[c-]c(-c6[c-]cccc6)cc4-5)ccc32)c1)c1ccccc1)c1ccc2c(c1)oc1ccccc12.[U+2]. The number of hydrogen-bond donors (Lipinski definition) is 0. The summed E-state index contributed by atoms with van der Waals surface area (Å²) < 4.78 is 8.60. The topological polar surface area (TPSA) is 42.8 Å². The van der Waals surface area contributed by atoms with Crippen molar-refractivity contribution in [3.05, 3.63) is 241 Å². The summed E-state index contributed by atoms with van der Waals surface area (Å²) in [6.45, 7) is 11.2. The minimum absolute atomic E-state index is 0. The largest absolute Gasteiger partial charge is 2.00 e. The fraction of sp³-hybridized carbons (Fsp3) is 0.0794. The zero-order valence-corrected chi connectivity index (χ0v) is 42.3. The van der Waals surface area contributed by atoms with Gasteiger partial charge < -0.3 is 8.98 Å². The Morgan fingerprint density at radius 2 is 1.29 bits per heavy atom. The van der Waals surface area contributed by atoms with Crippen LogP contribution in [0.25, 0.3) is 88.5 Å². The molecular weight excluding hydrogens is 1050 g/mol. The van der Waals surface area contributed by atoms with Crippen molar-refractivity contribution < 1.29 is 35.5 Å². The van der Waals surface area contributed by atoms with Gasteiger partial charge in [0.1, 0.15) is 11.2 Å². The Hall–Kier alpha value is -7.29. The van der Waals surface area contributed by atoms with Crippen molar-refractivity contribution in [2.45, 2.75) is 32.6 Å². The van der Waals surface area contributed by atoms with Gasteiger partial charge in [0, 0.05) is 44.1 Å². The van der Waals surface area contributed by atoms with Gasteiger partial charge in [0.25, 0.3) is 0 Å². The summed E-state index contributed by atoms with van der Waals surface area (Å²) >= 11 is 0. The van der Waals surface area contributed by atoms with Crippen LogP contribution in [-0.2, 0) is 5.41 Å². The van der Waals surface area contributed by atoms with E-state index < -0.39 is 0 Å². The van der Waals surface area contributed by atoms with Crippen LogP contribution < -0.4 is 0 Å². The number of aliphatic imine (C=N–C) groups is 2. The summed E-state index contributed by atoms with van der Waals surface area (Å²) in [5, 5.41) is 4.58. The van der Waals surface area contributed by atoms with E-state index in [9.17, 15) is 0 Å². The quantitative estimate of drug-likeness (QED) is 0.0849. The van der Waals surface area contributed by atoms with Gasteiger partial charge in [-0.3, -0.25) is 0 Å². The van der Waals surface area contributed by atoms with Gasteiger partial charge in [0.2, 0.25) is 0 Å². The van der Waals surface area contributed by atoms with Crippen LogP contribution in [-0.4, -0.2) is 16.1 Å². The Labute approximate surface area is 420 Å². The van der Waals surface area contributed by atoms with E-state index in [4.69, 9.17) is 14.4 Å². The van der Waals surface area contributed by atoms with Gasteiger partial charge in [-0.2, -0.15) is 42.5 Å². The average Bonchev–Trinajstić information content (AvgIpc) is 4.00. The third-order valence-electron chi connectivity index (χ3n) is 13.6. The summed E-state index contributed by atoms with van der Waals surface area (Å²) in [7, 11) is 0. The number of hydrogen-bond acceptors (Lipinski definition) is 2. The second kappa shape index (κ2) is 17.4. The molecule has 0 bridgehead atoms. The number of fused-ring (bicyclic) bond motifs is 9.